The fourth-order valence-electron chi connectivity index (χ4n) is 1.96. The van der Waals surface area contributed by atoms with Gasteiger partial charge < -0.3 is 10.3 Å². The summed E-state index contributed by atoms with van der Waals surface area (Å²) in [6.45, 7) is 5.98. The van der Waals surface area contributed by atoms with Gasteiger partial charge in [0.1, 0.15) is 0 Å². The average molecular weight is 244 g/mol. The standard InChI is InChI=1S/C13H16N4O/c1-8-6-9(2)11(10(3)7-8)16-13(18)17-12-14-4-5-15-12/h4-7H,1-3H3,(H3,14,15,16,17,18). The van der Waals surface area contributed by atoms with Gasteiger partial charge in [0.2, 0.25) is 5.95 Å². The molecule has 2 amide bonds. The van der Waals surface area contributed by atoms with Gasteiger partial charge >= 0.3 is 6.03 Å². The Bertz CT molecular complexity index is 537. The molecular weight excluding hydrogens is 228 g/mol. The van der Waals surface area contributed by atoms with E-state index in [1.807, 2.05) is 32.9 Å². The van der Waals surface area contributed by atoms with Crippen LogP contribution in [0.1, 0.15) is 16.7 Å². The minimum Gasteiger partial charge on any atom is -0.331 e. The summed E-state index contributed by atoms with van der Waals surface area (Å²) in [7, 11) is 0. The van der Waals surface area contributed by atoms with E-state index in [9.17, 15) is 4.79 Å². The van der Waals surface area contributed by atoms with Crippen molar-refractivity contribution >= 4 is 17.7 Å². The zero-order chi connectivity index (χ0) is 13.1. The van der Waals surface area contributed by atoms with Crippen molar-refractivity contribution in [2.75, 3.05) is 10.6 Å². The Hall–Kier alpha value is -2.30. The van der Waals surface area contributed by atoms with E-state index in [0.717, 1.165) is 16.8 Å². The lowest BCUT2D eigenvalue weighted by Crippen LogP contribution is -2.21. The highest BCUT2D eigenvalue weighted by Gasteiger charge is 2.08. The second-order valence-corrected chi connectivity index (χ2v) is 4.29. The van der Waals surface area contributed by atoms with E-state index in [-0.39, 0.29) is 6.03 Å². The molecule has 94 valence electrons. The SMILES string of the molecule is Cc1cc(C)c(NC(=O)Nc2ncc[nH]2)c(C)c1. The Balaban J connectivity index is 2.12. The van der Waals surface area contributed by atoms with E-state index >= 15 is 0 Å². The summed E-state index contributed by atoms with van der Waals surface area (Å²) in [4.78, 5) is 18.5. The molecule has 3 N–H and O–H groups in total. The third kappa shape index (κ3) is 2.68. The summed E-state index contributed by atoms with van der Waals surface area (Å²) in [6.07, 6.45) is 3.23. The van der Waals surface area contributed by atoms with Crippen molar-refractivity contribution in [1.29, 1.82) is 0 Å². The second kappa shape index (κ2) is 4.91. The second-order valence-electron chi connectivity index (χ2n) is 4.29. The largest absolute Gasteiger partial charge is 0.331 e. The molecule has 0 spiro atoms. The maximum Gasteiger partial charge on any atom is 0.326 e. The van der Waals surface area contributed by atoms with E-state index in [4.69, 9.17) is 0 Å². The van der Waals surface area contributed by atoms with E-state index in [0.29, 0.717) is 5.95 Å². The maximum absolute atomic E-state index is 11.8. The molecule has 5 heteroatoms. The van der Waals surface area contributed by atoms with Crippen LogP contribution in [0.15, 0.2) is 24.5 Å². The number of aromatic nitrogens is 2. The summed E-state index contributed by atoms with van der Waals surface area (Å²) >= 11 is 0. The smallest absolute Gasteiger partial charge is 0.326 e. The van der Waals surface area contributed by atoms with Crippen LogP contribution in [0, 0.1) is 20.8 Å². The molecule has 0 atom stereocenters. The molecule has 0 saturated heterocycles. The molecule has 0 fully saturated rings. The fraction of sp³-hybridized carbons (Fsp3) is 0.231. The first-order chi connectivity index (χ1) is 8.56. The van der Waals surface area contributed by atoms with E-state index in [2.05, 4.69) is 20.6 Å². The lowest BCUT2D eigenvalue weighted by atomic mass is 10.1. The maximum atomic E-state index is 11.8. The number of urea groups is 1. The third-order valence-corrected chi connectivity index (χ3v) is 2.65. The van der Waals surface area contributed by atoms with Gasteiger partial charge in [0, 0.05) is 18.1 Å². The highest BCUT2D eigenvalue weighted by molar-refractivity contribution is 5.99. The Labute approximate surface area is 106 Å². The van der Waals surface area contributed by atoms with E-state index < -0.39 is 0 Å². The van der Waals surface area contributed by atoms with Crippen molar-refractivity contribution in [3.05, 3.63) is 41.2 Å². The van der Waals surface area contributed by atoms with E-state index in [1.165, 1.54) is 5.56 Å². The summed E-state index contributed by atoms with van der Waals surface area (Å²) in [5.41, 5.74) is 4.11. The number of aromatic amines is 1. The molecule has 0 aliphatic heterocycles. The Kier molecular flexibility index (Phi) is 3.32. The number of carbonyl (C=O) groups is 1. The van der Waals surface area contributed by atoms with Gasteiger partial charge in [-0.2, -0.15) is 0 Å². The van der Waals surface area contributed by atoms with Gasteiger partial charge in [-0.05, 0) is 31.9 Å². The molecule has 2 aromatic rings. The normalized spacial score (nSPS) is 10.2. The molecule has 0 radical (unpaired) electrons. The topological polar surface area (TPSA) is 69.8 Å². The molecule has 1 heterocycles. The van der Waals surface area contributed by atoms with Gasteiger partial charge in [-0.1, -0.05) is 17.7 Å². The molecular formula is C13H16N4O. The number of nitrogens with one attached hydrogen (secondary N) is 3. The van der Waals surface area contributed by atoms with Gasteiger partial charge in [-0.15, -0.1) is 0 Å². The van der Waals surface area contributed by atoms with Gasteiger partial charge in [0.15, 0.2) is 0 Å². The number of rotatable bonds is 2. The van der Waals surface area contributed by atoms with Crippen LogP contribution in [0.25, 0.3) is 0 Å². The number of anilines is 2. The van der Waals surface area contributed by atoms with Crippen LogP contribution in [-0.2, 0) is 0 Å². The van der Waals surface area contributed by atoms with Crippen LogP contribution >= 0.6 is 0 Å². The van der Waals surface area contributed by atoms with Crippen LogP contribution in [0.3, 0.4) is 0 Å². The molecule has 0 unspecified atom stereocenters. The monoisotopic (exact) mass is 244 g/mol. The highest BCUT2D eigenvalue weighted by atomic mass is 16.2. The quantitative estimate of drug-likeness (QED) is 0.760. The third-order valence-electron chi connectivity index (χ3n) is 2.65. The lowest BCUT2D eigenvalue weighted by Gasteiger charge is -2.12. The number of nitrogens with zero attached hydrogens (tertiary/aromatic N) is 1. The van der Waals surface area contributed by atoms with Gasteiger partial charge in [-0.25, -0.2) is 9.78 Å². The van der Waals surface area contributed by atoms with Gasteiger partial charge in [0.25, 0.3) is 0 Å². The number of amides is 2. The molecule has 0 saturated carbocycles. The van der Waals surface area contributed by atoms with Crippen molar-refractivity contribution in [1.82, 2.24) is 9.97 Å². The van der Waals surface area contributed by atoms with Crippen molar-refractivity contribution in [2.45, 2.75) is 20.8 Å². The van der Waals surface area contributed by atoms with Crippen molar-refractivity contribution in [3.8, 4) is 0 Å². The molecule has 1 aromatic heterocycles. The van der Waals surface area contributed by atoms with Crippen LogP contribution in [-0.4, -0.2) is 16.0 Å². The zero-order valence-electron chi connectivity index (χ0n) is 10.7. The van der Waals surface area contributed by atoms with Crippen LogP contribution in [0.5, 0.6) is 0 Å². The minimum absolute atomic E-state index is 0.306. The number of H-pyrrole nitrogens is 1. The Morgan fingerprint density at radius 3 is 2.39 bits per heavy atom. The first-order valence-corrected chi connectivity index (χ1v) is 5.71. The van der Waals surface area contributed by atoms with Gasteiger partial charge in [0.05, 0.1) is 0 Å². The Morgan fingerprint density at radius 1 is 1.17 bits per heavy atom. The number of imidazole rings is 1. The molecule has 0 bridgehead atoms. The van der Waals surface area contributed by atoms with Crippen molar-refractivity contribution in [3.63, 3.8) is 0 Å². The van der Waals surface area contributed by atoms with Gasteiger partial charge in [-0.3, -0.25) is 5.32 Å². The number of hydrogen-bond donors (Lipinski definition) is 3. The zero-order valence-corrected chi connectivity index (χ0v) is 10.7. The number of carbonyl (C=O) groups excluding carboxylic acids is 1. The average Bonchev–Trinajstić information content (AvgIpc) is 2.76. The molecule has 0 aliphatic carbocycles. The number of aryl methyl sites for hydroxylation is 3. The molecule has 18 heavy (non-hydrogen) atoms. The summed E-state index contributed by atoms with van der Waals surface area (Å²) in [6, 6.07) is 3.77. The lowest BCUT2D eigenvalue weighted by molar-refractivity contribution is 0.262. The highest BCUT2D eigenvalue weighted by Crippen LogP contribution is 2.21. The first kappa shape index (κ1) is 12.2. The van der Waals surface area contributed by atoms with Crippen LogP contribution in [0.4, 0.5) is 16.4 Å². The minimum atomic E-state index is -0.306. The first-order valence-electron chi connectivity index (χ1n) is 5.71. The molecule has 0 aliphatic rings. The molecule has 5 nitrogen and oxygen atoms in total. The fourth-order valence-corrected chi connectivity index (χ4v) is 1.96. The van der Waals surface area contributed by atoms with Crippen molar-refractivity contribution < 1.29 is 4.79 Å². The predicted octanol–water partition coefficient (Wildman–Crippen LogP) is 2.98. The molecule has 2 rings (SSSR count). The number of benzene rings is 1. The summed E-state index contributed by atoms with van der Waals surface area (Å²) in [5.74, 6) is 0.426. The summed E-state index contributed by atoms with van der Waals surface area (Å²) in [5, 5.41) is 5.46. The Morgan fingerprint density at radius 2 is 1.83 bits per heavy atom. The van der Waals surface area contributed by atoms with E-state index in [1.54, 1.807) is 12.4 Å². The van der Waals surface area contributed by atoms with Crippen molar-refractivity contribution in [2.24, 2.45) is 0 Å². The summed E-state index contributed by atoms with van der Waals surface area (Å²) < 4.78 is 0. The molecule has 1 aromatic carbocycles. The number of hydrogen-bond acceptors (Lipinski definition) is 2. The van der Waals surface area contributed by atoms with Crippen LogP contribution < -0.4 is 10.6 Å². The van der Waals surface area contributed by atoms with Crippen LogP contribution in [0.2, 0.25) is 0 Å². The predicted molar refractivity (Wildman–Crippen MR) is 71.9 cm³/mol.